The summed E-state index contributed by atoms with van der Waals surface area (Å²) in [7, 11) is 0. The molecule has 0 radical (unpaired) electrons. The molecular weight excluding hydrogens is 799 g/mol. The molecule has 0 bridgehead atoms. The van der Waals surface area contributed by atoms with Crippen molar-refractivity contribution in [2.75, 3.05) is 36.5 Å². The van der Waals surface area contributed by atoms with Crippen LogP contribution >= 0.6 is 22.6 Å². The Morgan fingerprint density at radius 3 is 2.10 bits per heavy atom. The Hall–Kier alpha value is -4.56. The molecule has 4 atom stereocenters. The molecule has 3 aromatic carbocycles. The van der Waals surface area contributed by atoms with Crippen LogP contribution in [0.5, 0.6) is 0 Å². The van der Waals surface area contributed by atoms with E-state index in [0.29, 0.717) is 21.4 Å². The molecule has 52 heavy (non-hydrogen) atoms. The number of hydrogen-bond acceptors (Lipinski definition) is 10. The lowest BCUT2D eigenvalue weighted by Crippen LogP contribution is -2.55. The zero-order chi connectivity index (χ0) is 38.6. The lowest BCUT2D eigenvalue weighted by Gasteiger charge is -2.34. The van der Waals surface area contributed by atoms with Gasteiger partial charge in [-0.05, 0) is 91.9 Å². The van der Waals surface area contributed by atoms with Crippen LogP contribution in [0.1, 0.15) is 26.3 Å². The van der Waals surface area contributed by atoms with Gasteiger partial charge in [0.1, 0.15) is 23.1 Å². The van der Waals surface area contributed by atoms with E-state index in [-0.39, 0.29) is 37.1 Å². The number of rotatable bonds is 7. The average Bonchev–Trinajstić information content (AvgIpc) is 3.10. The van der Waals surface area contributed by atoms with E-state index in [0.717, 1.165) is 4.90 Å². The summed E-state index contributed by atoms with van der Waals surface area (Å²) >= 11 is 1.95. The molecule has 2 saturated heterocycles. The summed E-state index contributed by atoms with van der Waals surface area (Å²) in [5, 5.41) is 32.2. The van der Waals surface area contributed by atoms with Gasteiger partial charge in [0.2, 0.25) is 0 Å². The number of ether oxygens (including phenoxy) is 3. The molecule has 2 fully saturated rings. The summed E-state index contributed by atoms with van der Waals surface area (Å²) < 4.78 is 42.3. The number of nitrogens with two attached hydrogens (primary N) is 1. The number of amides is 3. The highest BCUT2D eigenvalue weighted by molar-refractivity contribution is 14.1. The number of nitrogen functional groups attached to an aromatic ring is 1. The van der Waals surface area contributed by atoms with Crippen LogP contribution in [-0.2, 0) is 33.4 Å². The number of aliphatic hydroxyl groups excluding tert-OH is 2. The topological polar surface area (TPSA) is 214 Å². The van der Waals surface area contributed by atoms with Gasteiger partial charge in [-0.3, -0.25) is 19.8 Å². The number of halogens is 3. The first-order valence-corrected chi connectivity index (χ1v) is 16.9. The summed E-state index contributed by atoms with van der Waals surface area (Å²) in [6.07, 6.45) is -6.00. The minimum Gasteiger partial charge on any atom is -0.458 e. The average molecular weight is 840 g/mol. The normalized spacial score (nSPS) is 18.3. The number of morpholine rings is 2. The SMILES string of the molecule is CC(C)(C)OC(=O)[C@H](O)[C@H]1OCCNC1=O.Fc1ccccc1I.N=C(N)c1ccc(NC(=O)[C@H](O)[C@H]2OCCN(c3ccccc3F)C2=O)cc1. The molecule has 0 unspecified atom stereocenters. The highest BCUT2D eigenvalue weighted by Gasteiger charge is 2.40. The number of nitrogens with one attached hydrogen (secondary N) is 3. The summed E-state index contributed by atoms with van der Waals surface area (Å²) in [6.45, 7) is 5.85. The molecule has 7 N–H and O–H groups in total. The number of carbonyl (C=O) groups excluding carboxylic acids is 4. The van der Waals surface area contributed by atoms with Crippen molar-refractivity contribution in [3.05, 3.63) is 93.6 Å². The van der Waals surface area contributed by atoms with Crippen LogP contribution in [0, 0.1) is 20.6 Å². The van der Waals surface area contributed by atoms with Crippen LogP contribution < -0.4 is 21.3 Å². The van der Waals surface area contributed by atoms with Crippen LogP contribution in [0.25, 0.3) is 0 Å². The summed E-state index contributed by atoms with van der Waals surface area (Å²) in [5.74, 6) is -3.74. The van der Waals surface area contributed by atoms with Gasteiger partial charge >= 0.3 is 5.97 Å². The maximum atomic E-state index is 14.0. The van der Waals surface area contributed by atoms with Crippen LogP contribution in [0.4, 0.5) is 20.2 Å². The number of carbonyl (C=O) groups is 4. The van der Waals surface area contributed by atoms with E-state index >= 15 is 0 Å². The van der Waals surface area contributed by atoms with Gasteiger partial charge in [0.05, 0.1) is 18.9 Å². The minimum atomic E-state index is -1.78. The second-order valence-corrected chi connectivity index (χ2v) is 13.3. The Morgan fingerprint density at radius 1 is 0.962 bits per heavy atom. The van der Waals surface area contributed by atoms with Gasteiger partial charge in [0, 0.05) is 27.9 Å². The monoisotopic (exact) mass is 839 g/mol. The molecular formula is C35H40F2IN5O9. The molecule has 3 aromatic rings. The van der Waals surface area contributed by atoms with E-state index < -0.39 is 59.5 Å². The predicted molar refractivity (Wildman–Crippen MR) is 194 cm³/mol. The van der Waals surface area contributed by atoms with Crippen molar-refractivity contribution in [2.45, 2.75) is 50.8 Å². The van der Waals surface area contributed by atoms with Crippen molar-refractivity contribution >= 4 is 63.5 Å². The van der Waals surface area contributed by atoms with Crippen LogP contribution in [0.15, 0.2) is 72.8 Å². The van der Waals surface area contributed by atoms with Crippen molar-refractivity contribution in [1.29, 1.82) is 5.41 Å². The van der Waals surface area contributed by atoms with Crippen molar-refractivity contribution in [2.24, 2.45) is 5.73 Å². The number of esters is 1. The predicted octanol–water partition coefficient (Wildman–Crippen LogP) is 2.48. The third-order valence-corrected chi connectivity index (χ3v) is 7.88. The molecule has 2 heterocycles. The van der Waals surface area contributed by atoms with Crippen molar-refractivity contribution in [3.63, 3.8) is 0 Å². The molecule has 3 amide bonds. The van der Waals surface area contributed by atoms with E-state index in [2.05, 4.69) is 10.6 Å². The van der Waals surface area contributed by atoms with Gasteiger partial charge in [-0.1, -0.05) is 24.3 Å². The lowest BCUT2D eigenvalue weighted by atomic mass is 10.1. The molecule has 0 spiro atoms. The first-order valence-electron chi connectivity index (χ1n) is 15.8. The molecule has 17 heteroatoms. The molecule has 2 aliphatic heterocycles. The minimum absolute atomic E-state index is 0.0440. The Labute approximate surface area is 312 Å². The van der Waals surface area contributed by atoms with Gasteiger partial charge < -0.3 is 45.7 Å². The van der Waals surface area contributed by atoms with Gasteiger partial charge in [-0.15, -0.1) is 0 Å². The third-order valence-electron chi connectivity index (χ3n) is 7.00. The second-order valence-electron chi connectivity index (χ2n) is 12.1. The molecule has 0 saturated carbocycles. The van der Waals surface area contributed by atoms with Crippen molar-refractivity contribution in [3.8, 4) is 0 Å². The quantitative estimate of drug-likeness (QED) is 0.0886. The largest absolute Gasteiger partial charge is 0.458 e. The fraction of sp³-hybridized carbons (Fsp3) is 0.343. The number of amidine groups is 1. The Kier molecular flexibility index (Phi) is 15.6. The Morgan fingerprint density at radius 2 is 1.56 bits per heavy atom. The summed E-state index contributed by atoms with van der Waals surface area (Å²) in [6, 6.07) is 18.5. The number of aliphatic hydroxyl groups is 2. The molecule has 14 nitrogen and oxygen atoms in total. The van der Waals surface area contributed by atoms with E-state index in [1.165, 1.54) is 48.5 Å². The zero-order valence-corrected chi connectivity index (χ0v) is 30.6. The zero-order valence-electron chi connectivity index (χ0n) is 28.5. The smallest absolute Gasteiger partial charge is 0.338 e. The third kappa shape index (κ3) is 12.3. The first kappa shape index (κ1) is 41.9. The second kappa shape index (κ2) is 19.3. The number of hydrogen-bond donors (Lipinski definition) is 6. The molecule has 0 aliphatic carbocycles. The van der Waals surface area contributed by atoms with Gasteiger partial charge in [0.25, 0.3) is 17.7 Å². The van der Waals surface area contributed by atoms with Crippen LogP contribution in [0.2, 0.25) is 0 Å². The van der Waals surface area contributed by atoms with E-state index in [4.69, 9.17) is 25.4 Å². The van der Waals surface area contributed by atoms with Gasteiger partial charge in [0.15, 0.2) is 24.4 Å². The number of nitrogens with zero attached hydrogens (tertiary/aromatic N) is 1. The number of para-hydroxylation sites is 1. The highest BCUT2D eigenvalue weighted by atomic mass is 127. The van der Waals surface area contributed by atoms with Gasteiger partial charge in [-0.25, -0.2) is 13.6 Å². The maximum Gasteiger partial charge on any atom is 0.338 e. The molecule has 0 aromatic heterocycles. The molecule has 280 valence electrons. The lowest BCUT2D eigenvalue weighted by molar-refractivity contribution is -0.178. The fourth-order valence-electron chi connectivity index (χ4n) is 4.52. The van der Waals surface area contributed by atoms with Gasteiger partial charge in [-0.2, -0.15) is 0 Å². The van der Waals surface area contributed by atoms with Crippen LogP contribution in [-0.4, -0.2) is 96.1 Å². The summed E-state index contributed by atoms with van der Waals surface area (Å²) in [5.41, 5.74) is 5.55. The molecule has 5 rings (SSSR count). The number of benzene rings is 3. The number of anilines is 2. The maximum absolute atomic E-state index is 14.0. The van der Waals surface area contributed by atoms with Crippen molar-refractivity contribution in [1.82, 2.24) is 5.32 Å². The standard InChI is InChI=1S/C19H19FN4O4.C10H17NO5.C6H4FI/c20-13-3-1-2-4-14(13)24-9-10-28-16(19(24)27)15(25)18(26)23-12-7-5-11(6-8-12)17(21)22;1-10(2,3)16-9(14)6(12)7-8(13)11-4-5-15-7;7-5-3-1-2-4-6(5)8/h1-8,15-16,25H,9-10H2,(H3,21,22)(H,23,26);6-7,12H,4-5H2,1-3H3,(H,11,13);1-4H/t15-,16-;6-,7-;/m11./s1. The Bertz CT molecular complexity index is 1700. The van der Waals surface area contributed by atoms with Crippen molar-refractivity contribution < 1.29 is 52.4 Å². The Balaban J connectivity index is 0.000000253. The van der Waals surface area contributed by atoms with E-state index in [9.17, 15) is 38.2 Å². The highest BCUT2D eigenvalue weighted by Crippen LogP contribution is 2.24. The molecule has 2 aliphatic rings. The first-order chi connectivity index (χ1) is 24.5. The summed E-state index contributed by atoms with van der Waals surface area (Å²) in [4.78, 5) is 48.9. The fourth-order valence-corrected chi connectivity index (χ4v) is 4.91. The van der Waals surface area contributed by atoms with E-state index in [1.54, 1.807) is 39.0 Å². The van der Waals surface area contributed by atoms with Crippen LogP contribution in [0.3, 0.4) is 0 Å². The van der Waals surface area contributed by atoms with E-state index in [1.807, 2.05) is 28.7 Å².